The van der Waals surface area contributed by atoms with Gasteiger partial charge >= 0.3 is 11.9 Å². The number of fused-ring (bicyclic) bond motifs is 3. The van der Waals surface area contributed by atoms with Gasteiger partial charge in [-0.15, -0.1) is 0 Å². The van der Waals surface area contributed by atoms with Gasteiger partial charge in [-0.05, 0) is 64.2 Å². The van der Waals surface area contributed by atoms with Crippen molar-refractivity contribution >= 4 is 11.9 Å². The molecule has 1 saturated carbocycles. The van der Waals surface area contributed by atoms with E-state index in [1.54, 1.807) is 28.1 Å². The Morgan fingerprint density at radius 3 is 2.20 bits per heavy atom. The summed E-state index contributed by atoms with van der Waals surface area (Å²) in [5, 5.41) is 21.5. The van der Waals surface area contributed by atoms with Gasteiger partial charge in [-0.1, -0.05) is 24.6 Å². The van der Waals surface area contributed by atoms with E-state index in [1.807, 2.05) is 19.9 Å². The van der Waals surface area contributed by atoms with Gasteiger partial charge < -0.3 is 62.3 Å². The summed E-state index contributed by atoms with van der Waals surface area (Å²) in [7, 11) is 3.19. The molecule has 6 heterocycles. The molecular formula is C41H60O15. The van der Waals surface area contributed by atoms with E-state index in [0.717, 1.165) is 12.8 Å². The molecular weight excluding hydrogens is 732 g/mol. The Kier molecular flexibility index (Phi) is 11.5. The number of ether oxygens (including phenoxy) is 11. The first-order chi connectivity index (χ1) is 26.7. The average molecular weight is 793 g/mol. The Morgan fingerprint density at radius 1 is 0.804 bits per heavy atom. The van der Waals surface area contributed by atoms with Crippen molar-refractivity contribution in [2.75, 3.05) is 20.8 Å². The molecule has 56 heavy (non-hydrogen) atoms. The first kappa shape index (κ1) is 40.7. The number of hydrogen-bond donors (Lipinski definition) is 2. The highest BCUT2D eigenvalue weighted by Crippen LogP contribution is 2.56. The molecule has 0 amide bonds. The molecule has 15 heteroatoms. The molecule has 19 unspecified atom stereocenters. The molecule has 15 nitrogen and oxygen atoms in total. The lowest BCUT2D eigenvalue weighted by Crippen LogP contribution is -2.56. The van der Waals surface area contributed by atoms with E-state index in [0.29, 0.717) is 37.7 Å². The second-order valence-corrected chi connectivity index (χ2v) is 17.5. The van der Waals surface area contributed by atoms with Crippen LogP contribution in [0.4, 0.5) is 0 Å². The lowest BCUT2D eigenvalue weighted by molar-refractivity contribution is -0.337. The van der Waals surface area contributed by atoms with E-state index in [4.69, 9.17) is 52.1 Å². The van der Waals surface area contributed by atoms with Gasteiger partial charge in [-0.2, -0.15) is 0 Å². The molecule has 0 aromatic rings. The predicted molar refractivity (Wildman–Crippen MR) is 193 cm³/mol. The van der Waals surface area contributed by atoms with Crippen LogP contribution in [0.1, 0.15) is 86.0 Å². The van der Waals surface area contributed by atoms with Crippen molar-refractivity contribution in [1.29, 1.82) is 0 Å². The van der Waals surface area contributed by atoms with E-state index >= 15 is 0 Å². The molecule has 2 aliphatic carbocycles. The van der Waals surface area contributed by atoms with Gasteiger partial charge in [0.2, 0.25) is 5.79 Å². The lowest BCUT2D eigenvalue weighted by atomic mass is 9.55. The van der Waals surface area contributed by atoms with Crippen molar-refractivity contribution in [1.82, 2.24) is 0 Å². The molecule has 5 saturated heterocycles. The van der Waals surface area contributed by atoms with Gasteiger partial charge in [0.15, 0.2) is 18.9 Å². The predicted octanol–water partition coefficient (Wildman–Crippen LogP) is 3.21. The fraction of sp³-hybridized carbons (Fsp3) is 0.854. The summed E-state index contributed by atoms with van der Waals surface area (Å²) in [6, 6.07) is 0. The second kappa shape index (κ2) is 15.9. The van der Waals surface area contributed by atoms with Gasteiger partial charge in [0.05, 0.1) is 61.2 Å². The maximum Gasteiger partial charge on any atom is 0.336 e. The maximum atomic E-state index is 13.7. The molecule has 6 aliphatic heterocycles. The molecule has 8 aliphatic rings. The minimum atomic E-state index is -1.10. The monoisotopic (exact) mass is 792 g/mol. The zero-order valence-electron chi connectivity index (χ0n) is 33.5. The number of aliphatic hydroxyl groups is 2. The molecule has 0 radical (unpaired) electrons. The van der Waals surface area contributed by atoms with E-state index in [1.165, 1.54) is 5.57 Å². The van der Waals surface area contributed by atoms with E-state index in [2.05, 4.69) is 13.0 Å². The van der Waals surface area contributed by atoms with Crippen molar-refractivity contribution in [2.24, 2.45) is 23.2 Å². The highest BCUT2D eigenvalue weighted by molar-refractivity contribution is 5.92. The Morgan fingerprint density at radius 2 is 1.46 bits per heavy atom. The Balaban J connectivity index is 0.864. The van der Waals surface area contributed by atoms with Crippen LogP contribution in [0.15, 0.2) is 23.3 Å². The molecule has 0 spiro atoms. The maximum absolute atomic E-state index is 13.7. The second-order valence-electron chi connectivity index (χ2n) is 17.5. The van der Waals surface area contributed by atoms with Gasteiger partial charge in [0.25, 0.3) is 0 Å². The van der Waals surface area contributed by atoms with Crippen LogP contribution in [-0.2, 0) is 61.7 Å². The summed E-state index contributed by atoms with van der Waals surface area (Å²) in [4.78, 5) is 26.6. The summed E-state index contributed by atoms with van der Waals surface area (Å²) >= 11 is 0. The van der Waals surface area contributed by atoms with Crippen LogP contribution in [0.2, 0.25) is 0 Å². The van der Waals surface area contributed by atoms with Gasteiger partial charge in [0, 0.05) is 46.0 Å². The molecule has 0 aromatic carbocycles. The lowest BCUT2D eigenvalue weighted by Gasteiger charge is -2.50. The number of rotatable bonds is 8. The van der Waals surface area contributed by atoms with Crippen molar-refractivity contribution in [2.45, 2.75) is 178 Å². The van der Waals surface area contributed by atoms with Crippen molar-refractivity contribution in [3.8, 4) is 0 Å². The third-order valence-corrected chi connectivity index (χ3v) is 14.1. The number of methoxy groups -OCH3 is 2. The third kappa shape index (κ3) is 7.41. The summed E-state index contributed by atoms with van der Waals surface area (Å²) in [5.74, 6) is -2.50. The largest absolute Gasteiger partial charge is 0.459 e. The SMILES string of the molecule is COC1CC(OC2C(O)CC(OC3C(C)OC(OC4CCC5(C)C(=CCC6C(=O)OC7COC8(C)OC(=O)C(=CCC65)C78)C4)CC3OC)OC2C)OC(C)C1O. The summed E-state index contributed by atoms with van der Waals surface area (Å²) in [6.45, 7) is 9.72. The number of hydrogen-bond acceptors (Lipinski definition) is 15. The minimum absolute atomic E-state index is 0.0315. The number of carbonyl (C=O) groups is 2. The molecule has 8 rings (SSSR count). The summed E-state index contributed by atoms with van der Waals surface area (Å²) in [6.07, 6.45) is 1.13. The van der Waals surface area contributed by atoms with Crippen LogP contribution in [-0.4, -0.2) is 135 Å². The van der Waals surface area contributed by atoms with Crippen molar-refractivity contribution < 1.29 is 71.9 Å². The van der Waals surface area contributed by atoms with Crippen molar-refractivity contribution in [3.05, 3.63) is 23.3 Å². The van der Waals surface area contributed by atoms with Crippen LogP contribution in [0, 0.1) is 23.2 Å². The van der Waals surface area contributed by atoms with Gasteiger partial charge in [-0.3, -0.25) is 4.79 Å². The fourth-order valence-electron chi connectivity index (χ4n) is 10.9. The summed E-state index contributed by atoms with van der Waals surface area (Å²) < 4.78 is 66.6. The first-order valence-electron chi connectivity index (χ1n) is 20.5. The zero-order valence-corrected chi connectivity index (χ0v) is 33.5. The van der Waals surface area contributed by atoms with Gasteiger partial charge in [-0.25, -0.2) is 4.79 Å². The quantitative estimate of drug-likeness (QED) is 0.271. The minimum Gasteiger partial charge on any atom is -0.459 e. The third-order valence-electron chi connectivity index (χ3n) is 14.1. The fourth-order valence-corrected chi connectivity index (χ4v) is 10.9. The van der Waals surface area contributed by atoms with E-state index < -0.39 is 91.5 Å². The smallest absolute Gasteiger partial charge is 0.336 e. The average Bonchev–Trinajstić information content (AvgIpc) is 3.61. The van der Waals surface area contributed by atoms with Crippen molar-refractivity contribution in [3.63, 3.8) is 0 Å². The topological polar surface area (TPSA) is 176 Å². The number of carbonyl (C=O) groups excluding carboxylic acids is 2. The Labute approximate surface area is 328 Å². The molecule has 2 N–H and O–H groups in total. The van der Waals surface area contributed by atoms with Crippen LogP contribution in [0.5, 0.6) is 0 Å². The molecule has 314 valence electrons. The van der Waals surface area contributed by atoms with Crippen LogP contribution in [0.3, 0.4) is 0 Å². The highest BCUT2D eigenvalue weighted by atomic mass is 16.8. The van der Waals surface area contributed by atoms with Crippen LogP contribution in [0.25, 0.3) is 0 Å². The normalized spacial score (nSPS) is 50.6. The molecule has 6 fully saturated rings. The van der Waals surface area contributed by atoms with Gasteiger partial charge in [0.1, 0.15) is 24.4 Å². The number of aliphatic hydroxyl groups excluding tert-OH is 2. The highest BCUT2D eigenvalue weighted by Gasteiger charge is 2.61. The van der Waals surface area contributed by atoms with E-state index in [-0.39, 0.29) is 48.5 Å². The molecule has 0 bridgehead atoms. The van der Waals surface area contributed by atoms with Crippen LogP contribution < -0.4 is 0 Å². The molecule has 0 aromatic heterocycles. The standard InChI is InChI=1S/C41H60O15/c1-19-35(43)28(46-6)16-33(49-19)54-36-20(2)50-31(15-27(36)42)55-37-21(3)51-32(17-29(37)47-7)52-23-12-13-40(4)22(14-23)8-9-24-26(40)11-10-25-34-30(53-38(24)44)18-48-41(34,5)56-39(25)45/h8,10,19-21,23-24,26-37,42-43H,9,11-18H2,1-7H3. The summed E-state index contributed by atoms with van der Waals surface area (Å²) in [5.41, 5.74) is 1.55. The zero-order chi connectivity index (χ0) is 39.7. The first-order valence-corrected chi connectivity index (χ1v) is 20.5. The van der Waals surface area contributed by atoms with E-state index in [9.17, 15) is 19.8 Å². The number of allylic oxidation sites excluding steroid dienone is 2. The molecule has 19 atom stereocenters. The Bertz CT molecular complexity index is 1520. The van der Waals surface area contributed by atoms with Crippen LogP contribution >= 0.6 is 0 Å². The Hall–Kier alpha value is -2.02. The number of esters is 2.